The second kappa shape index (κ2) is 8.55. The van der Waals surface area contributed by atoms with Gasteiger partial charge in [-0.3, -0.25) is 4.79 Å². The Bertz CT molecular complexity index is 1320. The topological polar surface area (TPSA) is 51.7 Å². The SMILES string of the molecule is CSc1cccc(N(C)C(=O)c2cc(-c3ccc4c(c3)OCCO4)nc3ccccc23)c1. The van der Waals surface area contributed by atoms with Crippen LogP contribution in [0.5, 0.6) is 11.5 Å². The van der Waals surface area contributed by atoms with E-state index in [0.29, 0.717) is 24.5 Å². The van der Waals surface area contributed by atoms with Crippen molar-refractivity contribution in [2.45, 2.75) is 4.90 Å². The molecule has 1 aromatic heterocycles. The van der Waals surface area contributed by atoms with Crippen LogP contribution in [0.4, 0.5) is 5.69 Å². The summed E-state index contributed by atoms with van der Waals surface area (Å²) in [6.45, 7) is 1.06. The molecule has 3 aromatic carbocycles. The zero-order chi connectivity index (χ0) is 22.1. The van der Waals surface area contributed by atoms with Gasteiger partial charge in [-0.2, -0.15) is 0 Å². The third-order valence-corrected chi connectivity index (χ3v) is 6.26. The van der Waals surface area contributed by atoms with Gasteiger partial charge in [0.2, 0.25) is 0 Å². The molecule has 5 rings (SSSR count). The van der Waals surface area contributed by atoms with E-state index in [4.69, 9.17) is 14.5 Å². The summed E-state index contributed by atoms with van der Waals surface area (Å²) in [4.78, 5) is 21.2. The van der Waals surface area contributed by atoms with E-state index in [1.807, 2.05) is 79.1 Å². The first kappa shape index (κ1) is 20.4. The standard InChI is InChI=1S/C26H22N2O3S/c1-28(18-6-5-7-19(15-18)32-2)26(29)21-16-23(27-22-9-4-3-8-20(21)22)17-10-11-24-25(14-17)31-13-12-30-24/h3-11,14-16H,12-13H2,1-2H3. The number of para-hydroxylation sites is 1. The van der Waals surface area contributed by atoms with Gasteiger partial charge >= 0.3 is 0 Å². The van der Waals surface area contributed by atoms with Crippen LogP contribution in [0.25, 0.3) is 22.2 Å². The maximum atomic E-state index is 13.6. The number of nitrogens with zero attached hydrogens (tertiary/aromatic N) is 2. The Labute approximate surface area is 191 Å². The maximum Gasteiger partial charge on any atom is 0.258 e. The summed E-state index contributed by atoms with van der Waals surface area (Å²) >= 11 is 1.65. The Balaban J connectivity index is 1.60. The highest BCUT2D eigenvalue weighted by molar-refractivity contribution is 7.98. The van der Waals surface area contributed by atoms with Gasteiger partial charge in [0.25, 0.3) is 5.91 Å². The van der Waals surface area contributed by atoms with Gasteiger partial charge in [-0.25, -0.2) is 4.98 Å². The van der Waals surface area contributed by atoms with Crippen molar-refractivity contribution in [3.8, 4) is 22.8 Å². The number of ether oxygens (including phenoxy) is 2. The van der Waals surface area contributed by atoms with Crippen LogP contribution >= 0.6 is 11.8 Å². The summed E-state index contributed by atoms with van der Waals surface area (Å²) in [6, 6.07) is 23.3. The fourth-order valence-electron chi connectivity index (χ4n) is 3.82. The van der Waals surface area contributed by atoms with Crippen molar-refractivity contribution in [1.29, 1.82) is 0 Å². The molecule has 0 radical (unpaired) electrons. The minimum Gasteiger partial charge on any atom is -0.486 e. The summed E-state index contributed by atoms with van der Waals surface area (Å²) in [5.41, 5.74) is 3.83. The van der Waals surface area contributed by atoms with Crippen LogP contribution in [0.15, 0.2) is 77.7 Å². The predicted molar refractivity (Wildman–Crippen MR) is 129 cm³/mol. The predicted octanol–water partition coefficient (Wildman–Crippen LogP) is 5.67. The number of aromatic nitrogens is 1. The van der Waals surface area contributed by atoms with E-state index in [1.165, 1.54) is 0 Å². The Hall–Kier alpha value is -3.51. The Morgan fingerprint density at radius 3 is 2.59 bits per heavy atom. The van der Waals surface area contributed by atoms with Crippen LogP contribution in [0.1, 0.15) is 10.4 Å². The number of hydrogen-bond acceptors (Lipinski definition) is 5. The third-order valence-electron chi connectivity index (χ3n) is 5.53. The fraction of sp³-hybridized carbons (Fsp3) is 0.154. The Morgan fingerprint density at radius 1 is 0.938 bits per heavy atom. The molecule has 0 atom stereocenters. The summed E-state index contributed by atoms with van der Waals surface area (Å²) in [6.07, 6.45) is 2.02. The lowest BCUT2D eigenvalue weighted by Gasteiger charge is -2.20. The Kier molecular flexibility index (Phi) is 5.45. The molecule has 5 nitrogen and oxygen atoms in total. The minimum atomic E-state index is -0.0827. The molecule has 1 aliphatic heterocycles. The van der Waals surface area contributed by atoms with Gasteiger partial charge in [-0.05, 0) is 54.8 Å². The number of hydrogen-bond donors (Lipinski definition) is 0. The minimum absolute atomic E-state index is 0.0827. The summed E-state index contributed by atoms with van der Waals surface area (Å²) in [5.74, 6) is 1.34. The molecule has 1 aliphatic rings. The molecule has 0 unspecified atom stereocenters. The van der Waals surface area contributed by atoms with Crippen molar-refractivity contribution < 1.29 is 14.3 Å². The molecule has 0 bridgehead atoms. The summed E-state index contributed by atoms with van der Waals surface area (Å²) in [5, 5.41) is 0.826. The zero-order valence-electron chi connectivity index (χ0n) is 17.9. The van der Waals surface area contributed by atoms with E-state index >= 15 is 0 Å². The lowest BCUT2D eigenvalue weighted by molar-refractivity contribution is 0.0994. The van der Waals surface area contributed by atoms with E-state index in [-0.39, 0.29) is 5.91 Å². The summed E-state index contributed by atoms with van der Waals surface area (Å²) in [7, 11) is 1.81. The number of benzene rings is 3. The van der Waals surface area contributed by atoms with Gasteiger partial charge in [0.05, 0.1) is 16.8 Å². The molecule has 0 aliphatic carbocycles. The van der Waals surface area contributed by atoms with Gasteiger partial charge in [-0.1, -0.05) is 24.3 Å². The van der Waals surface area contributed by atoms with Crippen molar-refractivity contribution in [2.24, 2.45) is 0 Å². The van der Waals surface area contributed by atoms with Crippen LogP contribution in [0.3, 0.4) is 0 Å². The van der Waals surface area contributed by atoms with Gasteiger partial charge in [-0.15, -0.1) is 11.8 Å². The molecule has 0 saturated carbocycles. The molecule has 1 amide bonds. The average molecular weight is 443 g/mol. The molecule has 160 valence electrons. The fourth-order valence-corrected chi connectivity index (χ4v) is 4.27. The number of anilines is 1. The highest BCUT2D eigenvalue weighted by atomic mass is 32.2. The van der Waals surface area contributed by atoms with E-state index in [2.05, 4.69) is 0 Å². The van der Waals surface area contributed by atoms with Crippen LogP contribution in [-0.4, -0.2) is 37.4 Å². The number of rotatable bonds is 4. The highest BCUT2D eigenvalue weighted by Gasteiger charge is 2.20. The van der Waals surface area contributed by atoms with Crippen LogP contribution in [0, 0.1) is 0 Å². The first-order valence-corrected chi connectivity index (χ1v) is 11.6. The molecule has 2 heterocycles. The number of carbonyl (C=O) groups is 1. The largest absolute Gasteiger partial charge is 0.486 e. The van der Waals surface area contributed by atoms with E-state index in [1.54, 1.807) is 23.7 Å². The van der Waals surface area contributed by atoms with Gasteiger partial charge in [0, 0.05) is 28.6 Å². The zero-order valence-corrected chi connectivity index (χ0v) is 18.7. The second-order valence-electron chi connectivity index (χ2n) is 7.50. The lowest BCUT2D eigenvalue weighted by Crippen LogP contribution is -2.26. The van der Waals surface area contributed by atoms with Crippen molar-refractivity contribution in [2.75, 3.05) is 31.4 Å². The van der Waals surface area contributed by atoms with E-state index in [9.17, 15) is 4.79 Å². The van der Waals surface area contributed by atoms with Crippen LogP contribution in [-0.2, 0) is 0 Å². The van der Waals surface area contributed by atoms with E-state index < -0.39 is 0 Å². The number of fused-ring (bicyclic) bond motifs is 2. The molecule has 4 aromatic rings. The number of pyridine rings is 1. The maximum absolute atomic E-state index is 13.6. The molecule has 32 heavy (non-hydrogen) atoms. The summed E-state index contributed by atoms with van der Waals surface area (Å²) < 4.78 is 11.4. The average Bonchev–Trinajstić information content (AvgIpc) is 2.86. The van der Waals surface area contributed by atoms with Crippen molar-refractivity contribution in [1.82, 2.24) is 4.98 Å². The molecule has 0 spiro atoms. The van der Waals surface area contributed by atoms with Crippen LogP contribution < -0.4 is 14.4 Å². The quantitative estimate of drug-likeness (QED) is 0.381. The normalized spacial score (nSPS) is 12.6. The number of amides is 1. The van der Waals surface area contributed by atoms with Crippen molar-refractivity contribution >= 4 is 34.3 Å². The van der Waals surface area contributed by atoms with Crippen molar-refractivity contribution in [3.05, 3.63) is 78.4 Å². The second-order valence-corrected chi connectivity index (χ2v) is 8.38. The van der Waals surface area contributed by atoms with Gasteiger partial charge in [0.1, 0.15) is 13.2 Å². The monoisotopic (exact) mass is 442 g/mol. The molecule has 0 saturated heterocycles. The first-order valence-electron chi connectivity index (χ1n) is 10.4. The van der Waals surface area contributed by atoms with Crippen molar-refractivity contribution in [3.63, 3.8) is 0 Å². The number of carbonyl (C=O) groups excluding carboxylic acids is 1. The molecular formula is C26H22N2O3S. The van der Waals surface area contributed by atoms with Gasteiger partial charge in [0.15, 0.2) is 11.5 Å². The number of thioether (sulfide) groups is 1. The lowest BCUT2D eigenvalue weighted by atomic mass is 10.0. The van der Waals surface area contributed by atoms with E-state index in [0.717, 1.165) is 38.5 Å². The molecular weight excluding hydrogens is 420 g/mol. The Morgan fingerprint density at radius 2 is 1.75 bits per heavy atom. The van der Waals surface area contributed by atoms with Crippen LogP contribution in [0.2, 0.25) is 0 Å². The smallest absolute Gasteiger partial charge is 0.258 e. The highest BCUT2D eigenvalue weighted by Crippen LogP contribution is 2.35. The van der Waals surface area contributed by atoms with Gasteiger partial charge < -0.3 is 14.4 Å². The molecule has 0 fully saturated rings. The first-order chi connectivity index (χ1) is 15.6. The third kappa shape index (κ3) is 3.78. The molecule has 0 N–H and O–H groups in total. The molecule has 6 heteroatoms.